The van der Waals surface area contributed by atoms with Gasteiger partial charge in [-0.25, -0.2) is 0 Å². The molecule has 0 fully saturated rings. The molecule has 1 aromatic heterocycles. The zero-order valence-corrected chi connectivity index (χ0v) is 38.9. The van der Waals surface area contributed by atoms with Gasteiger partial charge in [-0.1, -0.05) is 224 Å². The summed E-state index contributed by atoms with van der Waals surface area (Å²) >= 11 is 0. The third-order valence-corrected chi connectivity index (χ3v) is 14.8. The van der Waals surface area contributed by atoms with Gasteiger partial charge in [0.05, 0.1) is 11.4 Å². The molecule has 0 aliphatic carbocycles. The van der Waals surface area contributed by atoms with E-state index >= 15 is 0 Å². The number of aromatic nitrogens is 1. The van der Waals surface area contributed by atoms with Crippen molar-refractivity contribution in [1.82, 2.24) is 4.57 Å². The molecule has 13 aromatic carbocycles. The van der Waals surface area contributed by atoms with Gasteiger partial charge in [-0.2, -0.15) is 0 Å². The molecule has 0 saturated heterocycles. The van der Waals surface area contributed by atoms with Gasteiger partial charge in [-0.05, 0) is 169 Å². The first-order chi connectivity index (χ1) is 35.2. The highest BCUT2D eigenvalue weighted by Gasteiger charge is 2.19. The fraction of sp³-hybridized carbons (Fsp3) is 0. The molecule has 0 amide bonds. The molecule has 14 rings (SSSR count). The Bertz CT molecular complexity index is 4290. The van der Waals surface area contributed by atoms with Gasteiger partial charge < -0.3 is 4.57 Å². The number of rotatable bonds is 7. The Morgan fingerprint density at radius 3 is 1.06 bits per heavy atom. The first kappa shape index (κ1) is 40.7. The predicted octanol–water partition coefficient (Wildman–Crippen LogP) is 19.4. The molecule has 1 heterocycles. The highest BCUT2D eigenvalue weighted by atomic mass is 15.0. The summed E-state index contributed by atoms with van der Waals surface area (Å²) in [5, 5.41) is 15.0. The van der Waals surface area contributed by atoms with Crippen LogP contribution in [0.3, 0.4) is 0 Å². The summed E-state index contributed by atoms with van der Waals surface area (Å²) in [6.07, 6.45) is 0. The van der Waals surface area contributed by atoms with E-state index < -0.39 is 0 Å². The van der Waals surface area contributed by atoms with Crippen LogP contribution in [0.25, 0.3) is 137 Å². The fourth-order valence-electron chi connectivity index (χ4n) is 11.4. The van der Waals surface area contributed by atoms with Gasteiger partial charge >= 0.3 is 0 Å². The molecule has 0 saturated carbocycles. The van der Waals surface area contributed by atoms with Gasteiger partial charge in [0.25, 0.3) is 0 Å². The first-order valence-corrected chi connectivity index (χ1v) is 24.6. The number of hydrogen-bond acceptors (Lipinski definition) is 0. The predicted molar refractivity (Wildman–Crippen MR) is 303 cm³/mol. The van der Waals surface area contributed by atoms with Crippen LogP contribution in [0.4, 0.5) is 0 Å². The summed E-state index contributed by atoms with van der Waals surface area (Å²) in [5.74, 6) is 0. The van der Waals surface area contributed by atoms with E-state index in [0.29, 0.717) is 0 Å². The highest BCUT2D eigenvalue weighted by Crippen LogP contribution is 2.43. The molecule has 71 heavy (non-hydrogen) atoms. The Hall–Kier alpha value is -9.30. The molecular formula is C70H45N. The molecule has 1 nitrogen and oxygen atoms in total. The van der Waals surface area contributed by atoms with E-state index in [-0.39, 0.29) is 0 Å². The standard InChI is InChI=1S/C70H45N/c1-3-16-50(17-4-1)69-38-39-70(51-18-5-2-6-19-51)71(69)56-40-55-44-66-54(22-15-29-57(66)46-30-32-47(33-31-46)64-41-52-20-7-9-23-58(52)60-25-11-13-27-62(60)64)43-67(55)68(45-56)49-36-34-48(35-37-49)65-42-53-21-8-10-24-59(53)61-26-12-14-28-63(61)65/h1-45H. The maximum atomic E-state index is 2.45. The molecule has 0 aliphatic heterocycles. The smallest absolute Gasteiger partial charge is 0.0535 e. The van der Waals surface area contributed by atoms with Gasteiger partial charge in [-0.3, -0.25) is 0 Å². The minimum atomic E-state index is 1.11. The van der Waals surface area contributed by atoms with Crippen molar-refractivity contribution in [2.24, 2.45) is 0 Å². The van der Waals surface area contributed by atoms with Gasteiger partial charge in [-0.15, -0.1) is 0 Å². The van der Waals surface area contributed by atoms with Gasteiger partial charge in [0.2, 0.25) is 0 Å². The monoisotopic (exact) mass is 899 g/mol. The van der Waals surface area contributed by atoms with Crippen LogP contribution < -0.4 is 0 Å². The van der Waals surface area contributed by atoms with Crippen molar-refractivity contribution in [3.8, 4) is 72.7 Å². The molecule has 14 aromatic rings. The molecule has 0 spiro atoms. The van der Waals surface area contributed by atoms with Gasteiger partial charge in [0.15, 0.2) is 0 Å². The van der Waals surface area contributed by atoms with Gasteiger partial charge in [0, 0.05) is 5.69 Å². The van der Waals surface area contributed by atoms with Crippen molar-refractivity contribution >= 4 is 64.6 Å². The average molecular weight is 900 g/mol. The van der Waals surface area contributed by atoms with Crippen molar-refractivity contribution in [2.75, 3.05) is 0 Å². The maximum absolute atomic E-state index is 2.45. The summed E-state index contributed by atoms with van der Waals surface area (Å²) in [6.45, 7) is 0. The van der Waals surface area contributed by atoms with Crippen LogP contribution in [-0.4, -0.2) is 4.57 Å². The molecule has 0 unspecified atom stereocenters. The van der Waals surface area contributed by atoms with E-state index in [2.05, 4.69) is 278 Å². The summed E-state index contributed by atoms with van der Waals surface area (Å²) in [4.78, 5) is 0. The third kappa shape index (κ3) is 6.93. The molecule has 330 valence electrons. The molecule has 0 radical (unpaired) electrons. The second kappa shape index (κ2) is 16.7. The Kier molecular flexibility index (Phi) is 9.60. The summed E-state index contributed by atoms with van der Waals surface area (Å²) < 4.78 is 2.45. The van der Waals surface area contributed by atoms with Crippen molar-refractivity contribution < 1.29 is 0 Å². The quantitative estimate of drug-likeness (QED) is 0.111. The first-order valence-electron chi connectivity index (χ1n) is 24.6. The zero-order valence-electron chi connectivity index (χ0n) is 38.9. The molecule has 0 bridgehead atoms. The normalized spacial score (nSPS) is 11.7. The van der Waals surface area contributed by atoms with Crippen molar-refractivity contribution in [3.05, 3.63) is 273 Å². The summed E-state index contributed by atoms with van der Waals surface area (Å²) in [6, 6.07) is 101. The van der Waals surface area contributed by atoms with Crippen LogP contribution in [0.15, 0.2) is 273 Å². The Labute approximate surface area is 412 Å². The van der Waals surface area contributed by atoms with Crippen molar-refractivity contribution in [3.63, 3.8) is 0 Å². The number of fused-ring (bicyclic) bond motifs is 8. The third-order valence-electron chi connectivity index (χ3n) is 14.8. The molecule has 1 heteroatoms. The maximum Gasteiger partial charge on any atom is 0.0535 e. The Balaban J connectivity index is 0.955. The largest absolute Gasteiger partial charge is 0.309 e. The Morgan fingerprint density at radius 2 is 0.549 bits per heavy atom. The van der Waals surface area contributed by atoms with E-state index in [1.165, 1.54) is 120 Å². The van der Waals surface area contributed by atoms with Gasteiger partial charge in [0.1, 0.15) is 0 Å². The number of nitrogens with zero attached hydrogens (tertiary/aromatic N) is 1. The number of benzene rings is 13. The lowest BCUT2D eigenvalue weighted by molar-refractivity contribution is 1.10. The van der Waals surface area contributed by atoms with Crippen molar-refractivity contribution in [2.45, 2.75) is 0 Å². The van der Waals surface area contributed by atoms with Crippen LogP contribution >= 0.6 is 0 Å². The lowest BCUT2D eigenvalue weighted by Gasteiger charge is -2.19. The second-order valence-electron chi connectivity index (χ2n) is 18.8. The summed E-state index contributed by atoms with van der Waals surface area (Å²) in [5.41, 5.74) is 15.4. The second-order valence-corrected chi connectivity index (χ2v) is 18.8. The minimum absolute atomic E-state index is 1.11. The zero-order chi connectivity index (χ0) is 46.8. The van der Waals surface area contributed by atoms with Crippen LogP contribution in [0.1, 0.15) is 0 Å². The van der Waals surface area contributed by atoms with E-state index in [4.69, 9.17) is 0 Å². The topological polar surface area (TPSA) is 4.93 Å². The van der Waals surface area contributed by atoms with Crippen LogP contribution in [0.2, 0.25) is 0 Å². The molecule has 0 atom stereocenters. The SMILES string of the molecule is c1ccc(-c2ccc(-c3ccccc3)n2-c2cc(-c3ccc(-c4cc5ccccc5c5ccccc45)cc3)c3cc4cccc(-c5ccc(-c6cc7ccccc7c7ccccc67)cc5)c4cc3c2)cc1. The lowest BCUT2D eigenvalue weighted by atomic mass is 9.89. The van der Waals surface area contributed by atoms with E-state index in [1.807, 2.05) is 0 Å². The average Bonchev–Trinajstić information content (AvgIpc) is 3.90. The molecule has 0 aliphatic rings. The number of hydrogen-bond donors (Lipinski definition) is 0. The van der Waals surface area contributed by atoms with E-state index in [0.717, 1.165) is 17.1 Å². The molecule has 0 N–H and O–H groups in total. The Morgan fingerprint density at radius 1 is 0.183 bits per heavy atom. The van der Waals surface area contributed by atoms with Crippen LogP contribution in [0, 0.1) is 0 Å². The van der Waals surface area contributed by atoms with Crippen LogP contribution in [0.5, 0.6) is 0 Å². The minimum Gasteiger partial charge on any atom is -0.309 e. The molecular weight excluding hydrogens is 855 g/mol. The van der Waals surface area contributed by atoms with Crippen LogP contribution in [-0.2, 0) is 0 Å². The summed E-state index contributed by atoms with van der Waals surface area (Å²) in [7, 11) is 0. The van der Waals surface area contributed by atoms with Crippen molar-refractivity contribution in [1.29, 1.82) is 0 Å². The fourth-order valence-corrected chi connectivity index (χ4v) is 11.4. The van der Waals surface area contributed by atoms with E-state index in [1.54, 1.807) is 0 Å². The van der Waals surface area contributed by atoms with E-state index in [9.17, 15) is 0 Å². The lowest BCUT2D eigenvalue weighted by Crippen LogP contribution is -2.00. The highest BCUT2D eigenvalue weighted by molar-refractivity contribution is 6.16.